The second-order valence-electron chi connectivity index (χ2n) is 3.55. The van der Waals surface area contributed by atoms with E-state index in [0.29, 0.717) is 12.1 Å². The molecule has 0 aliphatic heterocycles. The van der Waals surface area contributed by atoms with Gasteiger partial charge in [-0.2, -0.15) is 0 Å². The molecule has 0 aromatic heterocycles. The number of hydrogen-bond donors (Lipinski definition) is 3. The van der Waals surface area contributed by atoms with Crippen LogP contribution in [0.3, 0.4) is 0 Å². The first-order valence-electron chi connectivity index (χ1n) is 5.09. The highest BCUT2D eigenvalue weighted by Gasteiger charge is 2.14. The van der Waals surface area contributed by atoms with Gasteiger partial charge in [-0.05, 0) is 24.6 Å². The number of carbonyl (C=O) groups is 1. The molecule has 0 heterocycles. The van der Waals surface area contributed by atoms with Gasteiger partial charge in [0.2, 0.25) is 5.91 Å². The lowest BCUT2D eigenvalue weighted by Gasteiger charge is -2.12. The fourth-order valence-electron chi connectivity index (χ4n) is 1.28. The molecule has 5 heteroatoms. The lowest BCUT2D eigenvalue weighted by molar-refractivity contribution is -0.117. The van der Waals surface area contributed by atoms with Gasteiger partial charge in [0.15, 0.2) is 0 Å². The van der Waals surface area contributed by atoms with Crippen LogP contribution in [0.1, 0.15) is 19.8 Å². The van der Waals surface area contributed by atoms with Gasteiger partial charge in [0.05, 0.1) is 11.7 Å². The maximum atomic E-state index is 11.6. The van der Waals surface area contributed by atoms with Crippen LogP contribution in [0, 0.1) is 0 Å². The van der Waals surface area contributed by atoms with Crippen molar-refractivity contribution in [2.45, 2.75) is 25.8 Å². The second kappa shape index (κ2) is 5.86. The summed E-state index contributed by atoms with van der Waals surface area (Å²) in [5, 5.41) is 12.1. The van der Waals surface area contributed by atoms with E-state index in [1.807, 2.05) is 6.92 Å². The standard InChI is InChI=1S/C11H15BrN2O2/c1-2-3-8(13)11(16)14-9-6-7(12)4-5-10(9)15/h4-6,8,15H,2-3,13H2,1H3,(H,14,16)/t8-/m0/s1. The van der Waals surface area contributed by atoms with E-state index in [2.05, 4.69) is 21.2 Å². The maximum Gasteiger partial charge on any atom is 0.241 e. The monoisotopic (exact) mass is 286 g/mol. The molecule has 1 aromatic rings. The first-order chi connectivity index (χ1) is 7.54. The van der Waals surface area contributed by atoms with Crippen LogP contribution in [-0.4, -0.2) is 17.1 Å². The number of amides is 1. The number of phenols is 1. The number of rotatable bonds is 4. The van der Waals surface area contributed by atoms with E-state index in [-0.39, 0.29) is 11.7 Å². The Morgan fingerprint density at radius 3 is 2.94 bits per heavy atom. The molecule has 0 radical (unpaired) electrons. The van der Waals surface area contributed by atoms with Gasteiger partial charge in [-0.15, -0.1) is 0 Å². The number of anilines is 1. The normalized spacial score (nSPS) is 12.2. The highest BCUT2D eigenvalue weighted by atomic mass is 79.9. The van der Waals surface area contributed by atoms with Gasteiger partial charge in [-0.1, -0.05) is 29.3 Å². The van der Waals surface area contributed by atoms with Crippen LogP contribution in [0.4, 0.5) is 5.69 Å². The van der Waals surface area contributed by atoms with Gasteiger partial charge in [0.25, 0.3) is 0 Å². The molecule has 0 saturated carbocycles. The minimum Gasteiger partial charge on any atom is -0.506 e. The molecule has 1 amide bonds. The van der Waals surface area contributed by atoms with Crippen LogP contribution in [0.15, 0.2) is 22.7 Å². The summed E-state index contributed by atoms with van der Waals surface area (Å²) in [6.45, 7) is 1.96. The van der Waals surface area contributed by atoms with Crippen molar-refractivity contribution in [1.29, 1.82) is 0 Å². The molecule has 4 N–H and O–H groups in total. The molecule has 1 rings (SSSR count). The summed E-state index contributed by atoms with van der Waals surface area (Å²) in [4.78, 5) is 11.6. The zero-order chi connectivity index (χ0) is 12.1. The summed E-state index contributed by atoms with van der Waals surface area (Å²) < 4.78 is 0.782. The van der Waals surface area contributed by atoms with Crippen molar-refractivity contribution in [2.75, 3.05) is 5.32 Å². The van der Waals surface area contributed by atoms with Crippen LogP contribution in [0.5, 0.6) is 5.75 Å². The Hall–Kier alpha value is -1.07. The van der Waals surface area contributed by atoms with Crippen molar-refractivity contribution >= 4 is 27.5 Å². The SMILES string of the molecule is CCC[C@H](N)C(=O)Nc1cc(Br)ccc1O. The average molecular weight is 287 g/mol. The van der Waals surface area contributed by atoms with Gasteiger partial charge in [0.1, 0.15) is 5.75 Å². The Bertz CT molecular complexity index is 382. The van der Waals surface area contributed by atoms with Gasteiger partial charge in [-0.3, -0.25) is 4.79 Å². The van der Waals surface area contributed by atoms with Crippen LogP contribution in [0.2, 0.25) is 0 Å². The van der Waals surface area contributed by atoms with E-state index < -0.39 is 6.04 Å². The number of aromatic hydroxyl groups is 1. The van der Waals surface area contributed by atoms with Crippen molar-refractivity contribution in [3.05, 3.63) is 22.7 Å². The predicted octanol–water partition coefficient (Wildman–Crippen LogP) is 2.22. The summed E-state index contributed by atoms with van der Waals surface area (Å²) in [5.74, 6) is -0.254. The third-order valence-corrected chi connectivity index (χ3v) is 2.65. The predicted molar refractivity (Wildman–Crippen MR) is 67.3 cm³/mol. The molecular formula is C11H15BrN2O2. The molecule has 0 aliphatic carbocycles. The van der Waals surface area contributed by atoms with Gasteiger partial charge in [0, 0.05) is 4.47 Å². The molecule has 0 aliphatic rings. The molecule has 0 saturated heterocycles. The molecule has 0 bridgehead atoms. The van der Waals surface area contributed by atoms with Crippen LogP contribution in [-0.2, 0) is 4.79 Å². The topological polar surface area (TPSA) is 75.4 Å². The largest absolute Gasteiger partial charge is 0.506 e. The molecule has 1 atom stereocenters. The van der Waals surface area contributed by atoms with E-state index in [1.165, 1.54) is 6.07 Å². The number of halogens is 1. The molecule has 4 nitrogen and oxygen atoms in total. The van der Waals surface area contributed by atoms with Crippen molar-refractivity contribution in [2.24, 2.45) is 5.73 Å². The summed E-state index contributed by atoms with van der Waals surface area (Å²) in [6, 6.07) is 4.29. The van der Waals surface area contributed by atoms with E-state index in [0.717, 1.165) is 10.9 Å². The van der Waals surface area contributed by atoms with Crippen molar-refractivity contribution < 1.29 is 9.90 Å². The molecule has 0 fully saturated rings. The highest BCUT2D eigenvalue weighted by Crippen LogP contribution is 2.26. The van der Waals surface area contributed by atoms with E-state index in [1.54, 1.807) is 12.1 Å². The smallest absolute Gasteiger partial charge is 0.241 e. The quantitative estimate of drug-likeness (QED) is 0.743. The molecule has 0 spiro atoms. The Kier molecular flexibility index (Phi) is 4.76. The number of nitrogens with one attached hydrogen (secondary N) is 1. The van der Waals surface area contributed by atoms with Crippen molar-refractivity contribution in [1.82, 2.24) is 0 Å². The third-order valence-electron chi connectivity index (χ3n) is 2.15. The molecule has 88 valence electrons. The Morgan fingerprint density at radius 2 is 2.31 bits per heavy atom. The minimum absolute atomic E-state index is 0.0280. The molecule has 16 heavy (non-hydrogen) atoms. The third kappa shape index (κ3) is 3.50. The molecule has 0 unspecified atom stereocenters. The fraction of sp³-hybridized carbons (Fsp3) is 0.364. The molecular weight excluding hydrogens is 272 g/mol. The van der Waals surface area contributed by atoms with Gasteiger partial charge in [-0.25, -0.2) is 0 Å². The van der Waals surface area contributed by atoms with Gasteiger partial charge < -0.3 is 16.2 Å². The average Bonchev–Trinajstić information content (AvgIpc) is 2.23. The summed E-state index contributed by atoms with van der Waals surface area (Å²) in [6.07, 6.45) is 1.47. The lowest BCUT2D eigenvalue weighted by Crippen LogP contribution is -2.35. The maximum absolute atomic E-state index is 11.6. The van der Waals surface area contributed by atoms with Crippen LogP contribution < -0.4 is 11.1 Å². The zero-order valence-corrected chi connectivity index (χ0v) is 10.6. The Morgan fingerprint density at radius 1 is 1.62 bits per heavy atom. The van der Waals surface area contributed by atoms with E-state index in [4.69, 9.17) is 5.73 Å². The first kappa shape index (κ1) is 13.0. The first-order valence-corrected chi connectivity index (χ1v) is 5.89. The Labute approximate surface area is 103 Å². The van der Waals surface area contributed by atoms with Crippen LogP contribution in [0.25, 0.3) is 0 Å². The zero-order valence-electron chi connectivity index (χ0n) is 9.03. The Balaban J connectivity index is 2.72. The lowest BCUT2D eigenvalue weighted by atomic mass is 10.1. The number of nitrogens with two attached hydrogens (primary N) is 1. The number of carbonyl (C=O) groups excluding carboxylic acids is 1. The highest BCUT2D eigenvalue weighted by molar-refractivity contribution is 9.10. The number of benzene rings is 1. The fourth-order valence-corrected chi connectivity index (χ4v) is 1.64. The molecule has 1 aromatic carbocycles. The van der Waals surface area contributed by atoms with Crippen molar-refractivity contribution in [3.8, 4) is 5.75 Å². The van der Waals surface area contributed by atoms with Crippen molar-refractivity contribution in [3.63, 3.8) is 0 Å². The summed E-state index contributed by atoms with van der Waals surface area (Å²) in [7, 11) is 0. The van der Waals surface area contributed by atoms with E-state index in [9.17, 15) is 9.90 Å². The van der Waals surface area contributed by atoms with Gasteiger partial charge >= 0.3 is 0 Å². The summed E-state index contributed by atoms with van der Waals surface area (Å²) in [5.41, 5.74) is 6.02. The van der Waals surface area contributed by atoms with E-state index >= 15 is 0 Å². The van der Waals surface area contributed by atoms with Crippen LogP contribution >= 0.6 is 15.9 Å². The second-order valence-corrected chi connectivity index (χ2v) is 4.46. The number of phenolic OH excluding ortho intramolecular Hbond substituents is 1. The minimum atomic E-state index is -0.539. The summed E-state index contributed by atoms with van der Waals surface area (Å²) >= 11 is 3.26. The number of hydrogen-bond acceptors (Lipinski definition) is 3.